The van der Waals surface area contributed by atoms with Gasteiger partial charge in [-0.3, -0.25) is 14.4 Å². The number of para-hydroxylation sites is 1. The summed E-state index contributed by atoms with van der Waals surface area (Å²) in [5.41, 5.74) is 6.55. The summed E-state index contributed by atoms with van der Waals surface area (Å²) in [4.78, 5) is 47.5. The summed E-state index contributed by atoms with van der Waals surface area (Å²) < 4.78 is 31.3. The molecule has 2 aromatic heterocycles. The van der Waals surface area contributed by atoms with Crippen molar-refractivity contribution in [1.82, 2.24) is 25.1 Å². The fraction of sp³-hybridized carbons (Fsp3) is 0.455. The quantitative estimate of drug-likeness (QED) is 0.0423. The molecule has 2 amide bonds. The second-order valence-electron chi connectivity index (χ2n) is 18.0. The number of nitrogens with one attached hydrogen (secondary N) is 2. The minimum Gasteiger partial charge on any atom is -0.491 e. The average molecular weight is 984 g/mol. The van der Waals surface area contributed by atoms with Gasteiger partial charge in [0.1, 0.15) is 47.5 Å². The van der Waals surface area contributed by atoms with Gasteiger partial charge in [0.05, 0.1) is 75.5 Å². The Balaban J connectivity index is 0.784. The highest BCUT2D eigenvalue weighted by molar-refractivity contribution is 7.10. The Hall–Kier alpha value is -6.40. The molecule has 0 radical (unpaired) electrons. The molecule has 7 rings (SSSR count). The summed E-state index contributed by atoms with van der Waals surface area (Å²) in [6.07, 6.45) is 6.65. The molecule has 0 spiro atoms. The van der Waals surface area contributed by atoms with E-state index in [1.54, 1.807) is 55.7 Å². The van der Waals surface area contributed by atoms with Gasteiger partial charge in [-0.05, 0) is 95.3 Å². The second-order valence-corrected chi connectivity index (χ2v) is 18.9. The van der Waals surface area contributed by atoms with Crippen LogP contribution >= 0.6 is 11.3 Å². The zero-order chi connectivity index (χ0) is 50.1. The van der Waals surface area contributed by atoms with Crippen LogP contribution in [0.15, 0.2) is 78.2 Å². The Morgan fingerprint density at radius 2 is 1.49 bits per heavy atom. The molecule has 0 bridgehead atoms. The highest BCUT2D eigenvalue weighted by Gasteiger charge is 2.40. The Bertz CT molecular complexity index is 2660. The third-order valence-corrected chi connectivity index (χ3v) is 14.4. The fourth-order valence-corrected chi connectivity index (χ4v) is 10.3. The lowest BCUT2D eigenvalue weighted by molar-refractivity contribution is -0.139. The van der Waals surface area contributed by atoms with Gasteiger partial charge in [0.15, 0.2) is 0 Å². The van der Waals surface area contributed by atoms with Crippen LogP contribution in [0.2, 0.25) is 0 Å². The maximum absolute atomic E-state index is 14.2. The highest BCUT2D eigenvalue weighted by Crippen LogP contribution is 2.37. The molecule has 16 heteroatoms. The van der Waals surface area contributed by atoms with Crippen molar-refractivity contribution in [3.8, 4) is 34.8 Å². The van der Waals surface area contributed by atoms with E-state index in [1.165, 1.54) is 11.3 Å². The highest BCUT2D eigenvalue weighted by atomic mass is 32.1. The van der Waals surface area contributed by atoms with Gasteiger partial charge in [-0.1, -0.05) is 61.7 Å². The van der Waals surface area contributed by atoms with Gasteiger partial charge in [-0.25, -0.2) is 4.98 Å². The number of carbonyl (C=O) groups excluding carboxylic acids is 3. The third kappa shape index (κ3) is 13.5. The molecule has 1 saturated carbocycles. The molecule has 3 heterocycles. The molecule has 2 N–H and O–H groups in total. The summed E-state index contributed by atoms with van der Waals surface area (Å²) >= 11 is 1.39. The SMILES string of the molecule is CN[C@@H](C)C(=O)N[C@H](C(=O)N1CCC[C@H]1c1nc(C(=O)c2cccc(OCCOCCOCCOCCOc3ccccc3Cn3c(C)c(C#N)c(-c4ccc(C#N)cc4)c3C)c2)cs1)C1CCCCC1. The average Bonchev–Trinajstić information content (AvgIpc) is 4.16. The van der Waals surface area contributed by atoms with Crippen LogP contribution < -0.4 is 20.1 Å². The Morgan fingerprint density at radius 1 is 0.803 bits per heavy atom. The number of rotatable bonds is 25. The Labute approximate surface area is 421 Å². The second kappa shape index (κ2) is 26.2. The van der Waals surface area contributed by atoms with Crippen molar-refractivity contribution >= 4 is 28.9 Å². The number of hydrogen-bond donors (Lipinski definition) is 2. The van der Waals surface area contributed by atoms with Crippen molar-refractivity contribution in [3.63, 3.8) is 0 Å². The van der Waals surface area contributed by atoms with E-state index in [0.717, 1.165) is 83.8 Å². The van der Waals surface area contributed by atoms with Crippen molar-refractivity contribution < 1.29 is 38.1 Å². The van der Waals surface area contributed by atoms with Gasteiger partial charge < -0.3 is 43.8 Å². The van der Waals surface area contributed by atoms with Crippen LogP contribution in [0.1, 0.15) is 107 Å². The lowest BCUT2D eigenvalue weighted by atomic mass is 9.83. The number of amides is 2. The number of carbonyl (C=O) groups is 3. The molecule has 1 aliphatic heterocycles. The summed E-state index contributed by atoms with van der Waals surface area (Å²) in [7, 11) is 1.74. The first-order chi connectivity index (χ1) is 34.6. The van der Waals surface area contributed by atoms with Crippen molar-refractivity contribution in [2.24, 2.45) is 5.92 Å². The van der Waals surface area contributed by atoms with Gasteiger partial charge in [0, 0.05) is 40.0 Å². The van der Waals surface area contributed by atoms with E-state index >= 15 is 0 Å². The largest absolute Gasteiger partial charge is 0.491 e. The topological polar surface area (TPSA) is 190 Å². The maximum atomic E-state index is 14.2. The van der Waals surface area contributed by atoms with Crippen LogP contribution in [0.25, 0.3) is 11.1 Å². The number of likely N-dealkylation sites (N-methyl/N-ethyl adjacent to an activating group) is 1. The van der Waals surface area contributed by atoms with Gasteiger partial charge in [0.2, 0.25) is 17.6 Å². The molecule has 0 unspecified atom stereocenters. The lowest BCUT2D eigenvalue weighted by Crippen LogP contribution is -2.55. The van der Waals surface area contributed by atoms with E-state index in [1.807, 2.05) is 55.1 Å². The zero-order valence-corrected chi connectivity index (χ0v) is 42.1. The number of thiazole rings is 1. The fourth-order valence-electron chi connectivity index (χ4n) is 9.38. The molecule has 3 aromatic carbocycles. The molecule has 5 aromatic rings. The molecule has 1 saturated heterocycles. The molecular formula is C55H65N7O8S. The third-order valence-electron chi connectivity index (χ3n) is 13.4. The van der Waals surface area contributed by atoms with Crippen molar-refractivity contribution in [1.29, 1.82) is 10.5 Å². The smallest absolute Gasteiger partial charge is 0.246 e. The van der Waals surface area contributed by atoms with Crippen LogP contribution in [0.3, 0.4) is 0 Å². The number of ether oxygens (including phenoxy) is 5. The number of nitrogens with zero attached hydrogens (tertiary/aromatic N) is 5. The molecule has 3 atom stereocenters. The first-order valence-electron chi connectivity index (χ1n) is 24.7. The number of benzene rings is 3. The molecular weight excluding hydrogens is 919 g/mol. The Morgan fingerprint density at radius 3 is 2.18 bits per heavy atom. The first kappa shape index (κ1) is 52.4. The van der Waals surface area contributed by atoms with Gasteiger partial charge in [0.25, 0.3) is 0 Å². The molecule has 71 heavy (non-hydrogen) atoms. The number of nitriles is 2. The number of aromatic nitrogens is 2. The first-order valence-corrected chi connectivity index (χ1v) is 25.5. The summed E-state index contributed by atoms with van der Waals surface area (Å²) in [6, 6.07) is 25.5. The number of likely N-dealkylation sites (tertiary alicyclic amines) is 1. The van der Waals surface area contributed by atoms with E-state index < -0.39 is 12.1 Å². The van der Waals surface area contributed by atoms with Crippen molar-refractivity contribution in [2.75, 3.05) is 66.4 Å². The van der Waals surface area contributed by atoms with E-state index in [-0.39, 0.29) is 36.2 Å². The summed E-state index contributed by atoms with van der Waals surface area (Å²) in [5.74, 6) is 0.924. The van der Waals surface area contributed by atoms with E-state index in [0.29, 0.717) is 87.5 Å². The van der Waals surface area contributed by atoms with Crippen LogP contribution in [0.5, 0.6) is 11.5 Å². The minimum absolute atomic E-state index is 0.0608. The minimum atomic E-state index is -0.583. The van der Waals surface area contributed by atoms with Crippen molar-refractivity contribution in [2.45, 2.75) is 90.4 Å². The van der Waals surface area contributed by atoms with E-state index in [9.17, 15) is 24.9 Å². The zero-order valence-electron chi connectivity index (χ0n) is 41.2. The Kier molecular flexibility index (Phi) is 19.3. The summed E-state index contributed by atoms with van der Waals surface area (Å²) in [6.45, 7) is 9.82. The van der Waals surface area contributed by atoms with Crippen molar-refractivity contribution in [3.05, 3.63) is 123 Å². The number of ketones is 1. The van der Waals surface area contributed by atoms with Crippen LogP contribution in [-0.2, 0) is 30.3 Å². The normalized spacial score (nSPS) is 15.7. The molecule has 1 aliphatic carbocycles. The predicted molar refractivity (Wildman–Crippen MR) is 270 cm³/mol. The lowest BCUT2D eigenvalue weighted by Gasteiger charge is -2.35. The maximum Gasteiger partial charge on any atom is 0.246 e. The van der Waals surface area contributed by atoms with Crippen LogP contribution in [0.4, 0.5) is 0 Å². The van der Waals surface area contributed by atoms with Crippen LogP contribution in [-0.4, -0.2) is 111 Å². The van der Waals surface area contributed by atoms with Gasteiger partial charge >= 0.3 is 0 Å². The number of hydrogen-bond acceptors (Lipinski definition) is 13. The monoisotopic (exact) mass is 983 g/mol. The standard InChI is InChI=1S/C55H65N7O8S/c1-37(58-4)53(64)60-51(42-12-6-5-7-13-42)55(65)61-23-11-17-48(61)54-59-47(36-71-54)52(63)43-15-10-16-45(32-43)69-30-28-67-26-24-66-25-27-68-29-31-70-49-18-9-8-14-44(49)35-62-38(2)46(34-57)50(39(62)3)41-21-19-40(33-56)20-22-41/h8-10,14-16,18-22,32,36-37,42,48,51,58H,5-7,11-13,17,23-31,35H2,1-4H3,(H,60,64)/t37-,48-,51-/m0/s1. The van der Waals surface area contributed by atoms with Gasteiger partial charge in [-0.2, -0.15) is 10.5 Å². The van der Waals surface area contributed by atoms with E-state index in [4.69, 9.17) is 28.7 Å². The molecule has 15 nitrogen and oxygen atoms in total. The predicted octanol–water partition coefficient (Wildman–Crippen LogP) is 8.10. The van der Waals surface area contributed by atoms with E-state index in [2.05, 4.69) is 27.3 Å². The molecule has 2 aliphatic rings. The molecule has 2 fully saturated rings. The molecule has 374 valence electrons. The summed E-state index contributed by atoms with van der Waals surface area (Å²) in [5, 5.41) is 27.9. The van der Waals surface area contributed by atoms with Crippen LogP contribution in [0, 0.1) is 42.4 Å². The van der Waals surface area contributed by atoms with Gasteiger partial charge in [-0.15, -0.1) is 11.3 Å².